The standard InChI is InChI=1S/C25H23FN4O3/c1-33-24-12-16(26)9-10-21(24)23-14-22(29-30-23)19-7-2-3-8-20(19)25(32)28-18(15-31)13-17-6-4-5-11-27-17/h2-12,14,18,31H,13,15H2,1H3,(H,28,32)(H,29,30). The highest BCUT2D eigenvalue weighted by atomic mass is 19.1. The first-order valence-corrected chi connectivity index (χ1v) is 10.4. The third-order valence-electron chi connectivity index (χ3n) is 5.22. The van der Waals surface area contributed by atoms with Gasteiger partial charge in [0.05, 0.1) is 31.1 Å². The second kappa shape index (κ2) is 10.1. The van der Waals surface area contributed by atoms with Crippen molar-refractivity contribution in [3.05, 3.63) is 90.0 Å². The van der Waals surface area contributed by atoms with Crippen LogP contribution in [-0.2, 0) is 6.42 Å². The van der Waals surface area contributed by atoms with Crippen molar-refractivity contribution >= 4 is 5.91 Å². The van der Waals surface area contributed by atoms with E-state index in [1.54, 1.807) is 36.5 Å². The van der Waals surface area contributed by atoms with Gasteiger partial charge in [-0.25, -0.2) is 4.39 Å². The van der Waals surface area contributed by atoms with Crippen molar-refractivity contribution in [2.45, 2.75) is 12.5 Å². The quantitative estimate of drug-likeness (QED) is 0.384. The molecule has 0 radical (unpaired) electrons. The maximum Gasteiger partial charge on any atom is 0.252 e. The molecule has 168 valence electrons. The molecule has 4 aromatic rings. The van der Waals surface area contributed by atoms with Crippen LogP contribution in [-0.4, -0.2) is 46.0 Å². The summed E-state index contributed by atoms with van der Waals surface area (Å²) in [6, 6.07) is 18.1. The number of aromatic nitrogens is 3. The number of methoxy groups -OCH3 is 1. The lowest BCUT2D eigenvalue weighted by molar-refractivity contribution is 0.0917. The third kappa shape index (κ3) is 5.07. The van der Waals surface area contributed by atoms with Gasteiger partial charge in [-0.15, -0.1) is 0 Å². The van der Waals surface area contributed by atoms with Crippen molar-refractivity contribution in [1.29, 1.82) is 0 Å². The van der Waals surface area contributed by atoms with Gasteiger partial charge in [-0.2, -0.15) is 5.10 Å². The van der Waals surface area contributed by atoms with Crippen LogP contribution in [0.2, 0.25) is 0 Å². The minimum Gasteiger partial charge on any atom is -0.496 e. The van der Waals surface area contributed by atoms with Crippen LogP contribution in [0.4, 0.5) is 4.39 Å². The van der Waals surface area contributed by atoms with Crippen LogP contribution in [0.25, 0.3) is 22.5 Å². The summed E-state index contributed by atoms with van der Waals surface area (Å²) in [4.78, 5) is 17.3. The number of rotatable bonds is 8. The second-order valence-corrected chi connectivity index (χ2v) is 7.44. The minimum atomic E-state index is -0.485. The molecule has 4 rings (SSSR count). The van der Waals surface area contributed by atoms with E-state index in [-0.39, 0.29) is 12.5 Å². The number of halogens is 1. The maximum atomic E-state index is 13.6. The molecule has 0 bridgehead atoms. The first-order chi connectivity index (χ1) is 16.1. The van der Waals surface area contributed by atoms with E-state index < -0.39 is 11.9 Å². The van der Waals surface area contributed by atoms with Gasteiger partial charge >= 0.3 is 0 Å². The van der Waals surface area contributed by atoms with Crippen molar-refractivity contribution in [2.75, 3.05) is 13.7 Å². The molecule has 0 spiro atoms. The molecule has 0 saturated heterocycles. The van der Waals surface area contributed by atoms with Crippen molar-refractivity contribution in [3.63, 3.8) is 0 Å². The van der Waals surface area contributed by atoms with Gasteiger partial charge in [-0.1, -0.05) is 24.3 Å². The number of aliphatic hydroxyl groups excluding tert-OH is 1. The summed E-state index contributed by atoms with van der Waals surface area (Å²) in [7, 11) is 1.47. The lowest BCUT2D eigenvalue weighted by Crippen LogP contribution is -2.39. The average molecular weight is 446 g/mol. The normalized spacial score (nSPS) is 11.7. The van der Waals surface area contributed by atoms with Gasteiger partial charge in [-0.05, 0) is 36.4 Å². The Balaban J connectivity index is 1.59. The number of hydrogen-bond acceptors (Lipinski definition) is 5. The maximum absolute atomic E-state index is 13.6. The van der Waals surface area contributed by atoms with Gasteiger partial charge in [0.2, 0.25) is 0 Å². The molecule has 1 atom stereocenters. The topological polar surface area (TPSA) is 100 Å². The minimum absolute atomic E-state index is 0.219. The number of nitrogens with one attached hydrogen (secondary N) is 2. The predicted octanol–water partition coefficient (Wildman–Crippen LogP) is 3.62. The molecule has 2 aromatic heterocycles. The van der Waals surface area contributed by atoms with Gasteiger partial charge in [-0.3, -0.25) is 14.9 Å². The van der Waals surface area contributed by atoms with E-state index in [1.807, 2.05) is 24.3 Å². The van der Waals surface area contributed by atoms with Crippen LogP contribution in [0.15, 0.2) is 72.9 Å². The van der Waals surface area contributed by atoms with E-state index >= 15 is 0 Å². The van der Waals surface area contributed by atoms with Crippen molar-refractivity contribution in [1.82, 2.24) is 20.5 Å². The summed E-state index contributed by atoms with van der Waals surface area (Å²) in [5, 5.41) is 19.9. The lowest BCUT2D eigenvalue weighted by Gasteiger charge is -2.17. The summed E-state index contributed by atoms with van der Waals surface area (Å²) in [6.07, 6.45) is 2.08. The van der Waals surface area contributed by atoms with Crippen LogP contribution < -0.4 is 10.1 Å². The highest BCUT2D eigenvalue weighted by Crippen LogP contribution is 2.32. The Kier molecular flexibility index (Phi) is 6.75. The van der Waals surface area contributed by atoms with Crippen molar-refractivity contribution < 1.29 is 19.0 Å². The van der Waals surface area contributed by atoms with Gasteiger partial charge in [0, 0.05) is 41.1 Å². The van der Waals surface area contributed by atoms with Crippen LogP contribution >= 0.6 is 0 Å². The fourth-order valence-electron chi connectivity index (χ4n) is 3.59. The molecule has 1 unspecified atom stereocenters. The molecular formula is C25H23FN4O3. The number of H-pyrrole nitrogens is 1. The van der Waals surface area contributed by atoms with E-state index in [2.05, 4.69) is 20.5 Å². The molecule has 2 heterocycles. The van der Waals surface area contributed by atoms with Gasteiger partial charge < -0.3 is 15.2 Å². The van der Waals surface area contributed by atoms with Crippen LogP contribution in [0.5, 0.6) is 5.75 Å². The Bertz CT molecular complexity index is 1240. The highest BCUT2D eigenvalue weighted by Gasteiger charge is 2.19. The molecule has 0 fully saturated rings. The first-order valence-electron chi connectivity index (χ1n) is 10.4. The monoisotopic (exact) mass is 446 g/mol. The molecule has 33 heavy (non-hydrogen) atoms. The molecule has 1 amide bonds. The summed E-state index contributed by atoms with van der Waals surface area (Å²) >= 11 is 0. The molecule has 0 aliphatic carbocycles. The Labute approximate surface area is 190 Å². The number of ether oxygens (including phenoxy) is 1. The molecule has 7 nitrogen and oxygen atoms in total. The number of carbonyl (C=O) groups excluding carboxylic acids is 1. The van der Waals surface area contributed by atoms with E-state index in [1.165, 1.54) is 19.2 Å². The molecule has 3 N–H and O–H groups in total. The van der Waals surface area contributed by atoms with Crippen molar-refractivity contribution in [3.8, 4) is 28.3 Å². The molecule has 2 aromatic carbocycles. The lowest BCUT2D eigenvalue weighted by atomic mass is 10.0. The van der Waals surface area contributed by atoms with E-state index in [0.717, 1.165) is 5.69 Å². The first kappa shape index (κ1) is 22.2. The van der Waals surface area contributed by atoms with Gasteiger partial charge in [0.15, 0.2) is 0 Å². The molecule has 0 aliphatic rings. The van der Waals surface area contributed by atoms with Crippen molar-refractivity contribution in [2.24, 2.45) is 0 Å². The Hall–Kier alpha value is -4.04. The van der Waals surface area contributed by atoms with Crippen LogP contribution in [0, 0.1) is 5.82 Å². The molecule has 0 saturated carbocycles. The van der Waals surface area contributed by atoms with Gasteiger partial charge in [0.25, 0.3) is 5.91 Å². The largest absolute Gasteiger partial charge is 0.496 e. The Morgan fingerprint density at radius 3 is 2.70 bits per heavy atom. The SMILES string of the molecule is COc1cc(F)ccc1-c1cc(-c2ccccc2C(=O)NC(CO)Cc2ccccn2)[nH]n1. The highest BCUT2D eigenvalue weighted by molar-refractivity contribution is 6.00. The van der Waals surface area contributed by atoms with E-state index in [4.69, 9.17) is 4.74 Å². The summed E-state index contributed by atoms with van der Waals surface area (Å²) in [5.74, 6) is -0.368. The number of benzene rings is 2. The second-order valence-electron chi connectivity index (χ2n) is 7.44. The summed E-state index contributed by atoms with van der Waals surface area (Å²) in [5.41, 5.74) is 3.64. The number of pyridine rings is 1. The number of carbonyl (C=O) groups is 1. The van der Waals surface area contributed by atoms with Gasteiger partial charge in [0.1, 0.15) is 11.6 Å². The molecule has 0 aliphatic heterocycles. The fourth-order valence-corrected chi connectivity index (χ4v) is 3.59. The fraction of sp³-hybridized carbons (Fsp3) is 0.160. The zero-order valence-electron chi connectivity index (χ0n) is 18.0. The summed E-state index contributed by atoms with van der Waals surface area (Å²) in [6.45, 7) is -0.219. The molecular weight excluding hydrogens is 423 g/mol. The number of nitrogens with zero attached hydrogens (tertiary/aromatic N) is 2. The zero-order valence-corrected chi connectivity index (χ0v) is 18.0. The predicted molar refractivity (Wildman–Crippen MR) is 122 cm³/mol. The van der Waals surface area contributed by atoms with E-state index in [9.17, 15) is 14.3 Å². The number of hydrogen-bond donors (Lipinski definition) is 3. The van der Waals surface area contributed by atoms with E-state index in [0.29, 0.717) is 40.2 Å². The van der Waals surface area contributed by atoms with Crippen LogP contribution in [0.3, 0.4) is 0 Å². The average Bonchev–Trinajstić information content (AvgIpc) is 3.34. The Morgan fingerprint density at radius 1 is 1.12 bits per heavy atom. The summed E-state index contributed by atoms with van der Waals surface area (Å²) < 4.78 is 18.8. The number of aliphatic hydroxyl groups is 1. The number of amides is 1. The number of aromatic amines is 1. The molecule has 8 heteroatoms. The third-order valence-corrected chi connectivity index (χ3v) is 5.22. The zero-order chi connectivity index (χ0) is 23.2. The smallest absolute Gasteiger partial charge is 0.252 e. The Morgan fingerprint density at radius 2 is 1.94 bits per heavy atom. The van der Waals surface area contributed by atoms with Crippen LogP contribution in [0.1, 0.15) is 16.1 Å².